The maximum atomic E-state index is 3.46. The van der Waals surface area contributed by atoms with Crippen molar-refractivity contribution in [2.24, 2.45) is 0 Å². The summed E-state index contributed by atoms with van der Waals surface area (Å²) >= 11 is 0. The van der Waals surface area contributed by atoms with Crippen LogP contribution in [0.4, 0.5) is 0 Å². The number of rotatable bonds is 3. The van der Waals surface area contributed by atoms with Crippen molar-refractivity contribution < 1.29 is 21.7 Å². The third-order valence-corrected chi connectivity index (χ3v) is 6.33. The Bertz CT molecular complexity index is 1190. The van der Waals surface area contributed by atoms with Crippen molar-refractivity contribution in [3.63, 3.8) is 0 Å². The van der Waals surface area contributed by atoms with Crippen LogP contribution < -0.4 is 10.6 Å². The summed E-state index contributed by atoms with van der Waals surface area (Å²) in [6.45, 7) is 7.61. The van der Waals surface area contributed by atoms with Crippen molar-refractivity contribution in [1.29, 1.82) is 0 Å². The fraction of sp³-hybridized carbons (Fsp3) is 0.0667. The van der Waals surface area contributed by atoms with Gasteiger partial charge in [0.15, 0.2) is 0 Å². The van der Waals surface area contributed by atoms with Crippen molar-refractivity contribution >= 4 is 40.7 Å². The zero-order valence-electron chi connectivity index (χ0n) is 18.8. The molecule has 2 heteroatoms. The summed E-state index contributed by atoms with van der Waals surface area (Å²) < 4.78 is 0. The Morgan fingerprint density at radius 2 is 1.47 bits per heavy atom. The van der Waals surface area contributed by atoms with Gasteiger partial charge in [0.05, 0.1) is 0 Å². The number of hydrogen-bond donors (Lipinski definition) is 0. The summed E-state index contributed by atoms with van der Waals surface area (Å²) in [4.78, 5) is 0. The first kappa shape index (κ1) is 25.8. The average molecular weight is 468 g/mol. The van der Waals surface area contributed by atoms with Gasteiger partial charge in [-0.05, 0) is 24.7 Å². The first-order chi connectivity index (χ1) is 15.2. The Hall–Kier alpha value is -2.50. The SMILES string of the molecule is C=CC=CC.Cc1ccccc1Pc1cc2ccccc2[cH-]1.[Ti+2].c1ccc2[cH-]ccc2c1. The van der Waals surface area contributed by atoms with E-state index in [-0.39, 0.29) is 21.7 Å². The average Bonchev–Trinajstić information content (AvgIpc) is 3.43. The van der Waals surface area contributed by atoms with E-state index in [9.17, 15) is 0 Å². The first-order valence-electron chi connectivity index (χ1n) is 10.5. The van der Waals surface area contributed by atoms with E-state index >= 15 is 0 Å². The number of fused-ring (bicyclic) bond motifs is 2. The largest absolute Gasteiger partial charge is 2.00 e. The second-order valence-electron chi connectivity index (χ2n) is 7.23. The number of benzene rings is 3. The Morgan fingerprint density at radius 3 is 2.09 bits per heavy atom. The third kappa shape index (κ3) is 7.57. The molecule has 0 fully saturated rings. The van der Waals surface area contributed by atoms with Crippen LogP contribution in [-0.2, 0) is 21.7 Å². The van der Waals surface area contributed by atoms with E-state index in [0.717, 1.165) is 8.58 Å². The van der Waals surface area contributed by atoms with Gasteiger partial charge in [0.1, 0.15) is 0 Å². The number of aryl methyl sites for hydroxylation is 1. The van der Waals surface area contributed by atoms with Crippen LogP contribution in [0.3, 0.4) is 0 Å². The Labute approximate surface area is 209 Å². The van der Waals surface area contributed by atoms with Gasteiger partial charge in [-0.3, -0.25) is 0 Å². The van der Waals surface area contributed by atoms with Gasteiger partial charge in [-0.25, -0.2) is 0 Å². The summed E-state index contributed by atoms with van der Waals surface area (Å²) in [6.07, 6.45) is 5.58. The molecular weight excluding hydrogens is 439 g/mol. The molecule has 0 saturated heterocycles. The molecule has 0 aliphatic heterocycles. The van der Waals surface area contributed by atoms with Crippen molar-refractivity contribution in [2.75, 3.05) is 0 Å². The van der Waals surface area contributed by atoms with Gasteiger partial charge in [0, 0.05) is 0 Å². The van der Waals surface area contributed by atoms with Crippen molar-refractivity contribution in [1.82, 2.24) is 0 Å². The van der Waals surface area contributed by atoms with E-state index in [1.165, 1.54) is 37.7 Å². The minimum atomic E-state index is 0. The van der Waals surface area contributed by atoms with E-state index in [2.05, 4.69) is 117 Å². The van der Waals surface area contributed by atoms with Crippen LogP contribution in [0.5, 0.6) is 0 Å². The second-order valence-corrected chi connectivity index (χ2v) is 8.60. The van der Waals surface area contributed by atoms with Crippen molar-refractivity contribution in [3.05, 3.63) is 133 Å². The maximum absolute atomic E-state index is 3.46. The molecule has 32 heavy (non-hydrogen) atoms. The van der Waals surface area contributed by atoms with Crippen LogP contribution >= 0.6 is 8.58 Å². The molecule has 0 aliphatic carbocycles. The fourth-order valence-electron chi connectivity index (χ4n) is 3.30. The quantitative estimate of drug-likeness (QED) is 0.110. The first-order valence-corrected chi connectivity index (χ1v) is 11.5. The van der Waals surface area contributed by atoms with E-state index in [4.69, 9.17) is 0 Å². The molecule has 0 amide bonds. The predicted molar refractivity (Wildman–Crippen MR) is 143 cm³/mol. The summed E-state index contributed by atoms with van der Waals surface area (Å²) in [5.41, 5.74) is 1.39. The molecular formula is C30H29PTi. The molecule has 158 valence electrons. The predicted octanol–water partition coefficient (Wildman–Crippen LogP) is 7.80. The number of allylic oxidation sites excluding steroid dienone is 3. The molecule has 1 atom stereocenters. The Kier molecular flexibility index (Phi) is 11.1. The molecule has 0 bridgehead atoms. The van der Waals surface area contributed by atoms with Gasteiger partial charge < -0.3 is 0 Å². The molecule has 0 nitrogen and oxygen atoms in total. The van der Waals surface area contributed by atoms with Gasteiger partial charge in [-0.2, -0.15) is 23.6 Å². The summed E-state index contributed by atoms with van der Waals surface area (Å²) in [6, 6.07) is 36.5. The van der Waals surface area contributed by atoms with Crippen LogP contribution in [0.15, 0.2) is 128 Å². The molecule has 5 aromatic carbocycles. The molecule has 5 aromatic rings. The van der Waals surface area contributed by atoms with Gasteiger partial charge >= 0.3 is 21.7 Å². The molecule has 5 rings (SSSR count). The van der Waals surface area contributed by atoms with E-state index in [1.54, 1.807) is 6.08 Å². The van der Waals surface area contributed by atoms with Crippen LogP contribution in [-0.4, -0.2) is 0 Å². The Morgan fingerprint density at radius 1 is 0.812 bits per heavy atom. The molecule has 0 aliphatic rings. The minimum absolute atomic E-state index is 0. The maximum Gasteiger partial charge on any atom is 2.00 e. The molecule has 0 aromatic heterocycles. The van der Waals surface area contributed by atoms with Gasteiger partial charge in [-0.15, -0.1) is 70.0 Å². The van der Waals surface area contributed by atoms with Crippen LogP contribution in [0.2, 0.25) is 0 Å². The third-order valence-electron chi connectivity index (χ3n) is 4.92. The molecule has 0 N–H and O–H groups in total. The van der Waals surface area contributed by atoms with E-state index < -0.39 is 0 Å². The molecule has 0 saturated carbocycles. The molecule has 0 spiro atoms. The van der Waals surface area contributed by atoms with Crippen molar-refractivity contribution in [3.8, 4) is 0 Å². The standard InChI is InChI=1S/C16H14P.C9H7.C5H8.Ti/c1-12-6-2-5-9-16(12)17-15-10-13-7-3-4-8-14(13)11-15;1-2-5-9-7-3-6-8(9)4-1;1-3-5-4-2;/h2-11,17H,1H3;1-7H;3-5H,1H2,2H3;/q2*-1;;+2. The minimum Gasteiger partial charge on any atom is -0.168 e. The second kappa shape index (κ2) is 13.8. The zero-order valence-corrected chi connectivity index (χ0v) is 21.3. The molecule has 1 unspecified atom stereocenters. The van der Waals surface area contributed by atoms with E-state index in [0.29, 0.717) is 0 Å². The van der Waals surface area contributed by atoms with E-state index in [1.807, 2.05) is 19.1 Å². The van der Waals surface area contributed by atoms with Crippen LogP contribution in [0.1, 0.15) is 12.5 Å². The van der Waals surface area contributed by atoms with Gasteiger partial charge in [0.25, 0.3) is 0 Å². The number of hydrogen-bond acceptors (Lipinski definition) is 0. The van der Waals surface area contributed by atoms with Crippen LogP contribution in [0.25, 0.3) is 21.5 Å². The zero-order chi connectivity index (χ0) is 21.9. The molecule has 0 radical (unpaired) electrons. The summed E-state index contributed by atoms with van der Waals surface area (Å²) in [7, 11) is 0.759. The summed E-state index contributed by atoms with van der Waals surface area (Å²) in [5, 5.41) is 8.24. The summed E-state index contributed by atoms with van der Waals surface area (Å²) in [5.74, 6) is 0. The van der Waals surface area contributed by atoms with Crippen molar-refractivity contribution in [2.45, 2.75) is 13.8 Å². The molecule has 0 heterocycles. The van der Waals surface area contributed by atoms with Gasteiger partial charge in [-0.1, -0.05) is 69.8 Å². The normalized spacial score (nSPS) is 10.4. The Balaban J connectivity index is 0.000000203. The monoisotopic (exact) mass is 468 g/mol. The van der Waals surface area contributed by atoms with Crippen LogP contribution in [0, 0.1) is 6.92 Å². The topological polar surface area (TPSA) is 0 Å². The van der Waals surface area contributed by atoms with Gasteiger partial charge in [0.2, 0.25) is 0 Å². The fourth-order valence-corrected chi connectivity index (χ4v) is 4.52. The smallest absolute Gasteiger partial charge is 0.168 e.